The molecule has 16 nitrogen and oxygen atoms in total. The molecule has 2 amide bonds. The van der Waals surface area contributed by atoms with Crippen molar-refractivity contribution in [3.05, 3.63) is 92.1 Å². The lowest BCUT2D eigenvalue weighted by Crippen LogP contribution is -2.53. The van der Waals surface area contributed by atoms with Crippen LogP contribution >= 0.6 is 23.1 Å². The summed E-state index contributed by atoms with van der Waals surface area (Å²) >= 11 is 3.56. The monoisotopic (exact) mass is 1040 g/mol. The number of oxazole rings is 1. The first-order valence-corrected chi connectivity index (χ1v) is 27.4. The van der Waals surface area contributed by atoms with Gasteiger partial charge in [-0.3, -0.25) is 24.4 Å². The standard InChI is InChI=1S/C50H58BrF2N10O6P/c1-6-29-25-37(57-49-54-28-34(51)47(59-49)56-38-26-36(53)43-33(46(38)70(4,5)67)11-10-31(7-2)55-43)41(68-8-3)27-40(29)62-19-16-32(17-20-62)61-23-21-60(22-24-61)18-15-30-9-12-35(52)44-45(30)69-50(66)63(44)39-13-14-42(64)58-48(39)65/h9-12,25-28,32,39H,6-8,13-24H2,1-5H3,(H,58,64,65)(H2,54,56,57,59). The SMILES string of the molecule is CCOc1cc(N2CCC(N3CCN(CCc4ccc(F)c5c4oc(=O)n5C4CCC(=O)NC4=O)CC3)CC2)c(CC)cc1Nc1ncc(Br)c(Nc2cc(F)c3nc(CC)ccc3c2P(C)(C)=O)n1. The summed E-state index contributed by atoms with van der Waals surface area (Å²) in [5, 5.41) is 9.86. The first kappa shape index (κ1) is 49.2. The van der Waals surface area contributed by atoms with Crippen LogP contribution in [0, 0.1) is 11.6 Å². The lowest BCUT2D eigenvalue weighted by atomic mass is 9.99. The van der Waals surface area contributed by atoms with Crippen molar-refractivity contribution >= 4 is 91.0 Å². The number of rotatable bonds is 15. The minimum Gasteiger partial charge on any atom is -0.492 e. The van der Waals surface area contributed by atoms with Crippen molar-refractivity contribution in [2.75, 3.05) is 81.3 Å². The molecule has 6 aromatic rings. The number of carbonyl (C=O) groups is 2. The van der Waals surface area contributed by atoms with Gasteiger partial charge in [-0.15, -0.1) is 0 Å². The highest BCUT2D eigenvalue weighted by Gasteiger charge is 2.34. The van der Waals surface area contributed by atoms with E-state index in [0.29, 0.717) is 81.7 Å². The van der Waals surface area contributed by atoms with E-state index in [9.17, 15) is 18.9 Å². The molecule has 0 radical (unpaired) electrons. The summed E-state index contributed by atoms with van der Waals surface area (Å²) in [4.78, 5) is 58.5. The third-order valence-electron chi connectivity index (χ3n) is 13.7. The Balaban J connectivity index is 0.836. The molecule has 3 aromatic carbocycles. The second-order valence-corrected chi connectivity index (χ2v) is 22.5. The molecule has 3 N–H and O–H groups in total. The normalized spacial score (nSPS) is 17.7. The van der Waals surface area contributed by atoms with E-state index in [-0.39, 0.29) is 29.5 Å². The maximum atomic E-state index is 15.6. The van der Waals surface area contributed by atoms with Crippen molar-refractivity contribution in [1.29, 1.82) is 0 Å². The van der Waals surface area contributed by atoms with Gasteiger partial charge in [0.2, 0.25) is 17.8 Å². The maximum Gasteiger partial charge on any atom is 0.420 e. The molecule has 20 heteroatoms. The number of carbonyl (C=O) groups excluding carboxylic acids is 2. The Kier molecular flexibility index (Phi) is 14.4. The molecule has 370 valence electrons. The Bertz CT molecular complexity index is 3090. The maximum absolute atomic E-state index is 15.6. The van der Waals surface area contributed by atoms with E-state index in [0.717, 1.165) is 80.0 Å². The molecule has 70 heavy (non-hydrogen) atoms. The fourth-order valence-electron chi connectivity index (χ4n) is 10.1. The van der Waals surface area contributed by atoms with Gasteiger partial charge in [0.05, 0.1) is 22.5 Å². The summed E-state index contributed by atoms with van der Waals surface area (Å²) in [5.74, 6) is -1.72. The summed E-state index contributed by atoms with van der Waals surface area (Å²) in [6.45, 7) is 15.9. The number of aryl methyl sites for hydroxylation is 2. The van der Waals surface area contributed by atoms with Gasteiger partial charge in [-0.05, 0) is 104 Å². The zero-order valence-corrected chi connectivity index (χ0v) is 42.5. The zero-order chi connectivity index (χ0) is 49.4. The van der Waals surface area contributed by atoms with Crippen LogP contribution in [0.4, 0.5) is 37.6 Å². The number of nitrogens with one attached hydrogen (secondary N) is 3. The number of nitrogens with zero attached hydrogens (tertiary/aromatic N) is 7. The number of ether oxygens (including phenoxy) is 1. The minimum atomic E-state index is -2.94. The van der Waals surface area contributed by atoms with Crippen molar-refractivity contribution < 1.29 is 32.1 Å². The minimum absolute atomic E-state index is 0.0387. The number of piperidine rings is 2. The predicted molar refractivity (Wildman–Crippen MR) is 272 cm³/mol. The summed E-state index contributed by atoms with van der Waals surface area (Å²) in [7, 11) is -2.94. The van der Waals surface area contributed by atoms with Gasteiger partial charge in [0.25, 0.3) is 0 Å². The average molecular weight is 1040 g/mol. The second-order valence-electron chi connectivity index (χ2n) is 18.5. The second kappa shape index (κ2) is 20.5. The van der Waals surface area contributed by atoms with Crippen molar-refractivity contribution in [2.45, 2.75) is 77.8 Å². The number of imide groups is 1. The van der Waals surface area contributed by atoms with E-state index >= 15 is 8.78 Å². The topological polar surface area (TPSA) is 180 Å². The van der Waals surface area contributed by atoms with E-state index in [1.807, 2.05) is 19.9 Å². The molecule has 0 aliphatic carbocycles. The largest absolute Gasteiger partial charge is 0.492 e. The van der Waals surface area contributed by atoms with Gasteiger partial charge in [-0.25, -0.2) is 23.5 Å². The highest BCUT2D eigenvalue weighted by molar-refractivity contribution is 9.10. The highest BCUT2D eigenvalue weighted by atomic mass is 79.9. The Hall–Kier alpha value is -5.75. The van der Waals surface area contributed by atoms with Crippen molar-refractivity contribution in [3.8, 4) is 5.75 Å². The first-order valence-electron chi connectivity index (χ1n) is 24.0. The fourth-order valence-corrected chi connectivity index (χ4v) is 11.9. The van der Waals surface area contributed by atoms with Gasteiger partial charge in [-0.1, -0.05) is 26.0 Å². The van der Waals surface area contributed by atoms with Crippen LogP contribution in [0.15, 0.2) is 62.3 Å². The molecule has 3 fully saturated rings. The van der Waals surface area contributed by atoms with Gasteiger partial charge >= 0.3 is 5.76 Å². The van der Waals surface area contributed by atoms with E-state index < -0.39 is 42.4 Å². The quantitative estimate of drug-likeness (QED) is 0.0665. The number of anilines is 5. The molecule has 0 saturated carbocycles. The number of hydrogen-bond acceptors (Lipinski definition) is 14. The molecule has 3 saturated heterocycles. The molecule has 1 atom stereocenters. The van der Waals surface area contributed by atoms with Crippen LogP contribution in [0.25, 0.3) is 22.0 Å². The lowest BCUT2D eigenvalue weighted by Gasteiger charge is -2.43. The van der Waals surface area contributed by atoms with E-state index in [1.165, 1.54) is 12.1 Å². The average Bonchev–Trinajstić information content (AvgIpc) is 3.69. The number of piperazine rings is 1. The van der Waals surface area contributed by atoms with Crippen LogP contribution in [0.2, 0.25) is 0 Å². The van der Waals surface area contributed by atoms with Gasteiger partial charge in [-0.2, -0.15) is 4.98 Å². The number of halogens is 3. The Morgan fingerprint density at radius 2 is 1.66 bits per heavy atom. The first-order chi connectivity index (χ1) is 33.6. The Labute approximate surface area is 413 Å². The summed E-state index contributed by atoms with van der Waals surface area (Å²) in [5.41, 5.74) is 5.08. The summed E-state index contributed by atoms with van der Waals surface area (Å²) in [6, 6.07) is 11.6. The molecule has 1 unspecified atom stereocenters. The molecular weight excluding hydrogens is 985 g/mol. The molecule has 0 bridgehead atoms. The number of aromatic nitrogens is 4. The number of fused-ring (bicyclic) bond motifs is 2. The lowest BCUT2D eigenvalue weighted by molar-refractivity contribution is -0.135. The summed E-state index contributed by atoms with van der Waals surface area (Å²) < 4.78 is 58.0. The fraction of sp³-hybridized carbons (Fsp3) is 0.440. The van der Waals surface area contributed by atoms with Crippen LogP contribution in [0.3, 0.4) is 0 Å². The number of pyridine rings is 1. The van der Waals surface area contributed by atoms with Crippen molar-refractivity contribution in [3.63, 3.8) is 0 Å². The smallest absolute Gasteiger partial charge is 0.420 e. The molecule has 3 aliphatic rings. The van der Waals surface area contributed by atoms with Crippen molar-refractivity contribution in [2.24, 2.45) is 0 Å². The highest BCUT2D eigenvalue weighted by Crippen LogP contribution is 2.43. The molecule has 3 aliphatic heterocycles. The van der Waals surface area contributed by atoms with Crippen LogP contribution in [-0.4, -0.2) is 113 Å². The number of amides is 2. The van der Waals surface area contributed by atoms with Gasteiger partial charge in [0.1, 0.15) is 35.8 Å². The Morgan fingerprint density at radius 1 is 0.886 bits per heavy atom. The Morgan fingerprint density at radius 3 is 2.36 bits per heavy atom. The third kappa shape index (κ3) is 10.1. The molecule has 0 spiro atoms. The molecular formula is C50H58BrF2N10O6P. The van der Waals surface area contributed by atoms with E-state index in [4.69, 9.17) is 14.1 Å². The summed E-state index contributed by atoms with van der Waals surface area (Å²) in [6.07, 6.45) is 5.76. The third-order valence-corrected chi connectivity index (χ3v) is 15.8. The van der Waals surface area contributed by atoms with E-state index in [1.54, 1.807) is 31.7 Å². The molecule has 9 rings (SSSR count). The molecule has 6 heterocycles. The van der Waals surface area contributed by atoms with Crippen LogP contribution in [0.5, 0.6) is 5.75 Å². The van der Waals surface area contributed by atoms with Gasteiger partial charge in [0, 0.05) is 98.7 Å². The van der Waals surface area contributed by atoms with Crippen LogP contribution < -0.4 is 36.6 Å². The number of benzene rings is 3. The zero-order valence-electron chi connectivity index (χ0n) is 40.0. The van der Waals surface area contributed by atoms with E-state index in [2.05, 4.69) is 75.6 Å². The van der Waals surface area contributed by atoms with Gasteiger partial charge < -0.3 is 34.2 Å². The number of hydrogen-bond donors (Lipinski definition) is 3. The predicted octanol–water partition coefficient (Wildman–Crippen LogP) is 8.04. The molecule has 3 aromatic heterocycles. The van der Waals surface area contributed by atoms with Crippen LogP contribution in [-0.2, 0) is 33.4 Å². The van der Waals surface area contributed by atoms with Crippen LogP contribution in [0.1, 0.15) is 69.3 Å². The van der Waals surface area contributed by atoms with Crippen molar-refractivity contribution in [1.82, 2.24) is 34.6 Å². The van der Waals surface area contributed by atoms with Gasteiger partial charge in [0.15, 0.2) is 17.2 Å².